The Balaban J connectivity index is 2.15. The maximum atomic E-state index is 11.6. The average Bonchev–Trinajstić information content (AvgIpc) is 2.67. The number of rotatable bonds is 0. The van der Waals surface area contributed by atoms with Crippen molar-refractivity contribution < 1.29 is 4.79 Å². The van der Waals surface area contributed by atoms with Crippen molar-refractivity contribution in [3.8, 4) is 0 Å². The molecule has 0 heterocycles. The van der Waals surface area contributed by atoms with Crippen LogP contribution in [0, 0.1) is 16.7 Å². The van der Waals surface area contributed by atoms with Gasteiger partial charge in [0, 0.05) is 11.8 Å². The first-order chi connectivity index (χ1) is 5.19. The van der Waals surface area contributed by atoms with E-state index in [2.05, 4.69) is 6.92 Å². The van der Waals surface area contributed by atoms with Gasteiger partial charge in [0.05, 0.1) is 0 Å². The lowest BCUT2D eigenvalue weighted by Gasteiger charge is -2.24. The van der Waals surface area contributed by atoms with Gasteiger partial charge in [-0.2, -0.15) is 0 Å². The fourth-order valence-corrected chi connectivity index (χ4v) is 3.70. The molecule has 0 radical (unpaired) electrons. The van der Waals surface area contributed by atoms with Crippen LogP contribution in [0.15, 0.2) is 0 Å². The van der Waals surface area contributed by atoms with E-state index >= 15 is 0 Å². The van der Waals surface area contributed by atoms with Gasteiger partial charge in [0.2, 0.25) is 0 Å². The molecule has 1 nitrogen and oxygen atoms in total. The molecule has 0 aromatic carbocycles. The molecule has 0 aromatic heterocycles. The van der Waals surface area contributed by atoms with E-state index in [0.29, 0.717) is 11.2 Å². The summed E-state index contributed by atoms with van der Waals surface area (Å²) in [7, 11) is 0. The average molecular weight is 150 g/mol. The molecule has 2 unspecified atom stereocenters. The molecule has 3 aliphatic carbocycles. The Labute approximate surface area is 67.2 Å². The zero-order valence-corrected chi connectivity index (χ0v) is 7.02. The standard InChI is InChI=1S/C10H14O/c1-9-3-2-7(6-8(9)11)10(9)4-5-10/h7H,2-6H2,1H3. The number of hydrogen-bond acceptors (Lipinski definition) is 1. The second kappa shape index (κ2) is 1.41. The van der Waals surface area contributed by atoms with E-state index in [9.17, 15) is 4.79 Å². The van der Waals surface area contributed by atoms with Crippen LogP contribution in [0.5, 0.6) is 0 Å². The molecule has 60 valence electrons. The largest absolute Gasteiger partial charge is 0.299 e. The first-order valence-electron chi connectivity index (χ1n) is 4.72. The van der Waals surface area contributed by atoms with Crippen molar-refractivity contribution in [1.82, 2.24) is 0 Å². The Morgan fingerprint density at radius 3 is 2.36 bits per heavy atom. The number of carbonyl (C=O) groups excluding carboxylic acids is 1. The van der Waals surface area contributed by atoms with E-state index in [1.165, 1.54) is 25.7 Å². The van der Waals surface area contributed by atoms with Gasteiger partial charge in [0.25, 0.3) is 0 Å². The third-order valence-corrected chi connectivity index (χ3v) is 4.71. The summed E-state index contributed by atoms with van der Waals surface area (Å²) in [5, 5.41) is 0. The maximum absolute atomic E-state index is 11.6. The third kappa shape index (κ3) is 0.447. The summed E-state index contributed by atoms with van der Waals surface area (Å²) in [5.41, 5.74) is 0.668. The molecule has 11 heavy (non-hydrogen) atoms. The van der Waals surface area contributed by atoms with Crippen LogP contribution in [0.2, 0.25) is 0 Å². The first-order valence-corrected chi connectivity index (χ1v) is 4.72. The molecular formula is C10H14O. The highest BCUT2D eigenvalue weighted by Gasteiger charge is 2.71. The molecular weight excluding hydrogens is 136 g/mol. The molecule has 1 spiro atoms. The number of hydrogen-bond donors (Lipinski definition) is 0. The van der Waals surface area contributed by atoms with Gasteiger partial charge in [0.15, 0.2) is 0 Å². The maximum Gasteiger partial charge on any atom is 0.139 e. The van der Waals surface area contributed by atoms with Gasteiger partial charge >= 0.3 is 0 Å². The molecule has 3 saturated carbocycles. The van der Waals surface area contributed by atoms with Crippen molar-refractivity contribution in [2.24, 2.45) is 16.7 Å². The SMILES string of the molecule is CC12CCC(CC1=O)C21CC1. The number of ketones is 1. The normalized spacial score (nSPS) is 50.6. The van der Waals surface area contributed by atoms with Gasteiger partial charge in [-0.1, -0.05) is 6.92 Å². The Morgan fingerprint density at radius 1 is 1.36 bits per heavy atom. The zero-order chi connectivity index (χ0) is 7.69. The Morgan fingerprint density at radius 2 is 2.09 bits per heavy atom. The van der Waals surface area contributed by atoms with Crippen LogP contribution >= 0.6 is 0 Å². The van der Waals surface area contributed by atoms with Crippen LogP contribution in [0.1, 0.15) is 39.0 Å². The summed E-state index contributed by atoms with van der Waals surface area (Å²) >= 11 is 0. The van der Waals surface area contributed by atoms with Crippen molar-refractivity contribution in [3.63, 3.8) is 0 Å². The molecule has 2 bridgehead atoms. The number of Topliss-reactive ketones (excluding diaryl/α,β-unsaturated/α-hetero) is 1. The van der Waals surface area contributed by atoms with Gasteiger partial charge in [-0.15, -0.1) is 0 Å². The molecule has 3 rings (SSSR count). The summed E-state index contributed by atoms with van der Waals surface area (Å²) in [5.74, 6) is 1.37. The smallest absolute Gasteiger partial charge is 0.139 e. The van der Waals surface area contributed by atoms with Crippen LogP contribution in [-0.4, -0.2) is 5.78 Å². The summed E-state index contributed by atoms with van der Waals surface area (Å²) in [6, 6.07) is 0. The van der Waals surface area contributed by atoms with E-state index in [-0.39, 0.29) is 5.41 Å². The molecule has 0 aromatic rings. The molecule has 0 amide bonds. The Kier molecular flexibility index (Phi) is 0.799. The van der Waals surface area contributed by atoms with Crippen LogP contribution in [0.3, 0.4) is 0 Å². The second-order valence-electron chi connectivity index (χ2n) is 4.85. The lowest BCUT2D eigenvalue weighted by molar-refractivity contribution is -0.127. The van der Waals surface area contributed by atoms with E-state index in [1.807, 2.05) is 0 Å². The van der Waals surface area contributed by atoms with Crippen molar-refractivity contribution in [3.05, 3.63) is 0 Å². The van der Waals surface area contributed by atoms with Crippen molar-refractivity contribution >= 4 is 5.78 Å². The Hall–Kier alpha value is -0.330. The second-order valence-corrected chi connectivity index (χ2v) is 4.85. The minimum Gasteiger partial charge on any atom is -0.299 e. The minimum atomic E-state index is 0.137. The monoisotopic (exact) mass is 150 g/mol. The van der Waals surface area contributed by atoms with Crippen LogP contribution in [-0.2, 0) is 4.79 Å². The topological polar surface area (TPSA) is 17.1 Å². The highest BCUT2D eigenvalue weighted by atomic mass is 16.1. The summed E-state index contributed by atoms with van der Waals surface area (Å²) in [6.45, 7) is 2.22. The van der Waals surface area contributed by atoms with Gasteiger partial charge in [0.1, 0.15) is 5.78 Å². The van der Waals surface area contributed by atoms with Crippen LogP contribution in [0.4, 0.5) is 0 Å². The zero-order valence-electron chi connectivity index (χ0n) is 7.02. The van der Waals surface area contributed by atoms with Gasteiger partial charge in [-0.05, 0) is 37.0 Å². The predicted molar refractivity (Wildman–Crippen MR) is 42.1 cm³/mol. The van der Waals surface area contributed by atoms with E-state index < -0.39 is 0 Å². The number of carbonyl (C=O) groups is 1. The molecule has 0 saturated heterocycles. The highest BCUT2D eigenvalue weighted by Crippen LogP contribution is 2.75. The van der Waals surface area contributed by atoms with Crippen LogP contribution < -0.4 is 0 Å². The first kappa shape index (κ1) is 6.22. The van der Waals surface area contributed by atoms with Gasteiger partial charge in [-0.3, -0.25) is 4.79 Å². The van der Waals surface area contributed by atoms with E-state index in [0.717, 1.165) is 12.3 Å². The minimum absolute atomic E-state index is 0.137. The molecule has 0 N–H and O–H groups in total. The highest BCUT2D eigenvalue weighted by molar-refractivity contribution is 5.90. The van der Waals surface area contributed by atoms with Crippen LogP contribution in [0.25, 0.3) is 0 Å². The molecule has 1 heteroatoms. The lowest BCUT2D eigenvalue weighted by Crippen LogP contribution is -2.27. The predicted octanol–water partition coefficient (Wildman–Crippen LogP) is 2.16. The third-order valence-electron chi connectivity index (χ3n) is 4.71. The van der Waals surface area contributed by atoms with Crippen molar-refractivity contribution in [2.75, 3.05) is 0 Å². The van der Waals surface area contributed by atoms with Gasteiger partial charge < -0.3 is 0 Å². The quantitative estimate of drug-likeness (QED) is 0.517. The van der Waals surface area contributed by atoms with Crippen molar-refractivity contribution in [1.29, 1.82) is 0 Å². The summed E-state index contributed by atoms with van der Waals surface area (Å²) in [6.07, 6.45) is 6.13. The fraction of sp³-hybridized carbons (Fsp3) is 0.900. The van der Waals surface area contributed by atoms with E-state index in [4.69, 9.17) is 0 Å². The molecule has 2 atom stereocenters. The fourth-order valence-electron chi connectivity index (χ4n) is 3.70. The van der Waals surface area contributed by atoms with E-state index in [1.54, 1.807) is 0 Å². The summed E-state index contributed by atoms with van der Waals surface area (Å²) in [4.78, 5) is 11.6. The molecule has 3 fully saturated rings. The lowest BCUT2D eigenvalue weighted by atomic mass is 9.78. The van der Waals surface area contributed by atoms with Crippen molar-refractivity contribution in [2.45, 2.75) is 39.0 Å². The molecule has 0 aliphatic heterocycles. The Bertz CT molecular complexity index is 239. The summed E-state index contributed by atoms with van der Waals surface area (Å²) < 4.78 is 0. The van der Waals surface area contributed by atoms with Gasteiger partial charge in [-0.25, -0.2) is 0 Å². The molecule has 3 aliphatic rings.